The highest BCUT2D eigenvalue weighted by atomic mass is 32.2. The summed E-state index contributed by atoms with van der Waals surface area (Å²) in [5, 5.41) is 9.69. The number of benzene rings is 3. The molecule has 0 atom stereocenters. The van der Waals surface area contributed by atoms with Crippen LogP contribution in [-0.2, 0) is 11.3 Å². The van der Waals surface area contributed by atoms with Crippen LogP contribution < -0.4 is 14.2 Å². The van der Waals surface area contributed by atoms with E-state index in [1.54, 1.807) is 42.4 Å². The predicted molar refractivity (Wildman–Crippen MR) is 132 cm³/mol. The monoisotopic (exact) mass is 488 g/mol. The maximum atomic E-state index is 13.5. The first-order valence-electron chi connectivity index (χ1n) is 10.7. The van der Waals surface area contributed by atoms with Gasteiger partial charge in [0.25, 0.3) is 5.91 Å². The first-order valence-corrected chi connectivity index (χ1v) is 11.5. The third-order valence-electron chi connectivity index (χ3n) is 5.42. The lowest BCUT2D eigenvalue weighted by molar-refractivity contribution is -0.122. The summed E-state index contributed by atoms with van der Waals surface area (Å²) in [6.45, 7) is 0.377. The number of hydrogen-bond donors (Lipinski definition) is 1. The molecule has 0 radical (unpaired) electrons. The molecular formula is C26H20N2O6S. The maximum absolute atomic E-state index is 13.5. The summed E-state index contributed by atoms with van der Waals surface area (Å²) in [4.78, 5) is 31.4. The van der Waals surface area contributed by atoms with E-state index in [4.69, 9.17) is 24.3 Å². The molecule has 176 valence electrons. The molecule has 5 rings (SSSR count). The van der Waals surface area contributed by atoms with Crippen molar-refractivity contribution in [3.05, 3.63) is 88.3 Å². The largest absolute Gasteiger partial charge is 0.496 e. The van der Waals surface area contributed by atoms with Gasteiger partial charge in [0.05, 0.1) is 29.8 Å². The van der Waals surface area contributed by atoms with Crippen molar-refractivity contribution in [3.8, 4) is 17.2 Å². The minimum Gasteiger partial charge on any atom is -0.496 e. The zero-order valence-electron chi connectivity index (χ0n) is 18.6. The molecule has 3 aromatic rings. The molecule has 2 aliphatic heterocycles. The van der Waals surface area contributed by atoms with Crippen molar-refractivity contribution in [2.24, 2.45) is 4.99 Å². The molecule has 1 fully saturated rings. The van der Waals surface area contributed by atoms with Crippen molar-refractivity contribution in [3.63, 3.8) is 0 Å². The molecule has 3 aromatic carbocycles. The van der Waals surface area contributed by atoms with E-state index in [0.29, 0.717) is 32.9 Å². The van der Waals surface area contributed by atoms with Gasteiger partial charge < -0.3 is 19.3 Å². The van der Waals surface area contributed by atoms with Gasteiger partial charge in [-0.3, -0.25) is 9.69 Å². The van der Waals surface area contributed by atoms with Crippen LogP contribution in [0, 0.1) is 0 Å². The smallest absolute Gasteiger partial charge is 0.335 e. The standard InChI is InChI=1S/C26H20N2O6S/c1-32-20-13-22-21(33-15-34-22)11-18(20)12-23-24(29)28(14-16-7-9-17(10-8-16)25(30)31)26(35-23)27-19-5-3-2-4-6-19/h2-13H,14-15H2,1H3,(H,30,31)/b23-12+,27-26?. The number of rotatable bonds is 6. The quantitative estimate of drug-likeness (QED) is 0.492. The van der Waals surface area contributed by atoms with Gasteiger partial charge in [0.2, 0.25) is 6.79 Å². The second-order valence-electron chi connectivity index (χ2n) is 7.68. The molecule has 9 heteroatoms. The third kappa shape index (κ3) is 4.71. The summed E-state index contributed by atoms with van der Waals surface area (Å²) < 4.78 is 16.4. The lowest BCUT2D eigenvalue weighted by Crippen LogP contribution is -2.28. The first-order chi connectivity index (χ1) is 17.0. The van der Waals surface area contributed by atoms with Gasteiger partial charge in [0.1, 0.15) is 5.75 Å². The van der Waals surface area contributed by atoms with E-state index in [0.717, 1.165) is 11.3 Å². The Balaban J connectivity index is 1.51. The van der Waals surface area contributed by atoms with Crippen LogP contribution in [0.1, 0.15) is 21.5 Å². The van der Waals surface area contributed by atoms with Crippen LogP contribution in [0.3, 0.4) is 0 Å². The number of aromatic carboxylic acids is 1. The van der Waals surface area contributed by atoms with E-state index in [-0.39, 0.29) is 24.8 Å². The number of carbonyl (C=O) groups excluding carboxylic acids is 1. The predicted octanol–water partition coefficient (Wildman–Crippen LogP) is 4.93. The maximum Gasteiger partial charge on any atom is 0.335 e. The van der Waals surface area contributed by atoms with Gasteiger partial charge in [-0.2, -0.15) is 0 Å². The highest BCUT2D eigenvalue weighted by molar-refractivity contribution is 8.18. The van der Waals surface area contributed by atoms with Gasteiger partial charge in [-0.1, -0.05) is 30.3 Å². The second kappa shape index (κ2) is 9.55. The Bertz CT molecular complexity index is 1350. The first kappa shape index (κ1) is 22.5. The minimum atomic E-state index is -1.00. The van der Waals surface area contributed by atoms with E-state index >= 15 is 0 Å². The Kier molecular flexibility index (Phi) is 6.15. The molecule has 2 heterocycles. The van der Waals surface area contributed by atoms with E-state index in [2.05, 4.69) is 0 Å². The Morgan fingerprint density at radius 3 is 2.51 bits per heavy atom. The van der Waals surface area contributed by atoms with E-state index < -0.39 is 5.97 Å². The molecule has 0 aromatic heterocycles. The van der Waals surface area contributed by atoms with Crippen molar-refractivity contribution < 1.29 is 28.9 Å². The Hall–Kier alpha value is -4.24. The molecule has 0 saturated carbocycles. The van der Waals surface area contributed by atoms with Crippen LogP contribution in [0.15, 0.2) is 76.6 Å². The van der Waals surface area contributed by atoms with Gasteiger partial charge in [-0.05, 0) is 53.7 Å². The average Bonchev–Trinajstić information content (AvgIpc) is 3.44. The second-order valence-corrected chi connectivity index (χ2v) is 8.69. The van der Waals surface area contributed by atoms with Crippen molar-refractivity contribution in [1.29, 1.82) is 0 Å². The van der Waals surface area contributed by atoms with Gasteiger partial charge >= 0.3 is 5.97 Å². The molecule has 0 bridgehead atoms. The van der Waals surface area contributed by atoms with Crippen molar-refractivity contribution in [2.75, 3.05) is 13.9 Å². The Morgan fingerprint density at radius 2 is 1.83 bits per heavy atom. The lowest BCUT2D eigenvalue weighted by atomic mass is 10.1. The average molecular weight is 489 g/mol. The number of thioether (sulfide) groups is 1. The fraction of sp³-hybridized carbons (Fsp3) is 0.115. The molecule has 0 spiro atoms. The zero-order valence-corrected chi connectivity index (χ0v) is 19.5. The lowest BCUT2D eigenvalue weighted by Gasteiger charge is -2.16. The Morgan fingerprint density at radius 1 is 1.11 bits per heavy atom. The number of carboxylic acids is 1. The number of hydrogen-bond acceptors (Lipinski definition) is 7. The number of para-hydroxylation sites is 1. The fourth-order valence-electron chi connectivity index (χ4n) is 3.65. The van der Waals surface area contributed by atoms with Crippen LogP contribution in [-0.4, -0.2) is 41.0 Å². The number of fused-ring (bicyclic) bond motifs is 1. The van der Waals surface area contributed by atoms with Crippen LogP contribution in [0.2, 0.25) is 0 Å². The third-order valence-corrected chi connectivity index (χ3v) is 6.43. The van der Waals surface area contributed by atoms with Crippen LogP contribution in [0.5, 0.6) is 17.2 Å². The molecule has 0 aliphatic carbocycles. The minimum absolute atomic E-state index is 0.133. The SMILES string of the molecule is COc1cc2c(cc1/C=C1/SC(=Nc3ccccc3)N(Cc3ccc(C(=O)O)cc3)C1=O)OCO2. The number of nitrogens with zero attached hydrogens (tertiary/aromatic N) is 2. The zero-order chi connectivity index (χ0) is 24.4. The van der Waals surface area contributed by atoms with E-state index in [1.807, 2.05) is 30.3 Å². The molecule has 2 aliphatic rings. The normalized spacial score (nSPS) is 16.8. The van der Waals surface area contributed by atoms with Crippen LogP contribution in [0.4, 0.5) is 5.69 Å². The van der Waals surface area contributed by atoms with E-state index in [9.17, 15) is 9.59 Å². The summed E-state index contributed by atoms with van der Waals surface area (Å²) in [6, 6.07) is 19.3. The Labute approximate surface area is 205 Å². The van der Waals surface area contributed by atoms with Crippen molar-refractivity contribution in [1.82, 2.24) is 4.90 Å². The summed E-state index contributed by atoms with van der Waals surface area (Å²) in [7, 11) is 1.55. The molecule has 1 saturated heterocycles. The molecule has 0 unspecified atom stereocenters. The highest BCUT2D eigenvalue weighted by Gasteiger charge is 2.34. The number of carboxylic acid groups (broad SMARTS) is 1. The van der Waals surface area contributed by atoms with Gasteiger partial charge in [-0.25, -0.2) is 9.79 Å². The van der Waals surface area contributed by atoms with Crippen molar-refractivity contribution >= 4 is 40.6 Å². The van der Waals surface area contributed by atoms with Crippen molar-refractivity contribution in [2.45, 2.75) is 6.54 Å². The number of ether oxygens (including phenoxy) is 3. The molecule has 35 heavy (non-hydrogen) atoms. The summed E-state index contributed by atoms with van der Waals surface area (Å²) in [5.74, 6) is 0.513. The number of methoxy groups -OCH3 is 1. The number of amides is 1. The topological polar surface area (TPSA) is 97.7 Å². The van der Waals surface area contributed by atoms with Crippen LogP contribution >= 0.6 is 11.8 Å². The number of aliphatic imine (C=N–C) groups is 1. The summed E-state index contributed by atoms with van der Waals surface area (Å²) in [6.07, 6.45) is 1.75. The number of carbonyl (C=O) groups is 2. The molecule has 8 nitrogen and oxygen atoms in total. The van der Waals surface area contributed by atoms with Gasteiger partial charge in [0.15, 0.2) is 16.7 Å². The van der Waals surface area contributed by atoms with Gasteiger partial charge in [0, 0.05) is 11.6 Å². The molecule has 1 N–H and O–H groups in total. The van der Waals surface area contributed by atoms with Crippen LogP contribution in [0.25, 0.3) is 6.08 Å². The molecular weight excluding hydrogens is 468 g/mol. The van der Waals surface area contributed by atoms with Gasteiger partial charge in [-0.15, -0.1) is 0 Å². The summed E-state index contributed by atoms with van der Waals surface area (Å²) in [5.41, 5.74) is 2.37. The highest BCUT2D eigenvalue weighted by Crippen LogP contribution is 2.41. The van der Waals surface area contributed by atoms with E-state index in [1.165, 1.54) is 23.9 Å². The fourth-order valence-corrected chi connectivity index (χ4v) is 4.64. The molecule has 1 amide bonds. The summed E-state index contributed by atoms with van der Waals surface area (Å²) >= 11 is 1.26. The number of amidine groups is 1.